The molecule has 1 fully saturated rings. The summed E-state index contributed by atoms with van der Waals surface area (Å²) in [5, 5.41) is 15.0. The Hall–Kier alpha value is -2.90. The summed E-state index contributed by atoms with van der Waals surface area (Å²) in [6.45, 7) is 6.17. The van der Waals surface area contributed by atoms with Crippen molar-refractivity contribution in [3.05, 3.63) is 45.8 Å². The Kier molecular flexibility index (Phi) is 6.85. The first-order valence-corrected chi connectivity index (χ1v) is 10.1. The number of aromatic nitrogens is 2. The monoisotopic (exact) mass is 399 g/mol. The van der Waals surface area contributed by atoms with Crippen molar-refractivity contribution in [3.8, 4) is 5.75 Å². The fourth-order valence-corrected chi connectivity index (χ4v) is 3.97. The fourth-order valence-electron chi connectivity index (χ4n) is 3.97. The van der Waals surface area contributed by atoms with Gasteiger partial charge in [-0.15, -0.1) is 0 Å². The highest BCUT2D eigenvalue weighted by Gasteiger charge is 2.29. The topological polar surface area (TPSA) is 93.4 Å². The second-order valence-corrected chi connectivity index (χ2v) is 7.58. The lowest BCUT2D eigenvalue weighted by molar-refractivity contribution is -0.383. The van der Waals surface area contributed by atoms with Gasteiger partial charge in [-0.2, -0.15) is 0 Å². The Balaban J connectivity index is 1.79. The van der Waals surface area contributed by atoms with Crippen molar-refractivity contribution in [2.75, 3.05) is 30.4 Å². The van der Waals surface area contributed by atoms with E-state index >= 15 is 0 Å². The van der Waals surface area contributed by atoms with Gasteiger partial charge in [-0.25, -0.2) is 9.97 Å². The SMILES string of the molecule is CCCC1CCN(c2ncnc(NCc3cc(C)cc(OC)c3)c2[N+](=O)[O-])CC1. The van der Waals surface area contributed by atoms with E-state index in [1.165, 1.54) is 19.2 Å². The molecule has 156 valence electrons. The smallest absolute Gasteiger partial charge is 0.353 e. The molecule has 0 aliphatic carbocycles. The molecule has 0 radical (unpaired) electrons. The number of hydrogen-bond donors (Lipinski definition) is 1. The predicted octanol–water partition coefficient (Wildman–Crippen LogP) is 4.33. The Morgan fingerprint density at radius 3 is 2.69 bits per heavy atom. The summed E-state index contributed by atoms with van der Waals surface area (Å²) in [5.41, 5.74) is 1.98. The number of hydrogen-bond acceptors (Lipinski definition) is 7. The number of nitro groups is 1. The zero-order valence-corrected chi connectivity index (χ0v) is 17.4. The van der Waals surface area contributed by atoms with Gasteiger partial charge >= 0.3 is 5.69 Å². The second kappa shape index (κ2) is 9.54. The highest BCUT2D eigenvalue weighted by atomic mass is 16.6. The molecule has 1 saturated heterocycles. The summed E-state index contributed by atoms with van der Waals surface area (Å²) < 4.78 is 5.31. The minimum Gasteiger partial charge on any atom is -0.497 e. The summed E-state index contributed by atoms with van der Waals surface area (Å²) in [6.07, 6.45) is 5.88. The fraction of sp³-hybridized carbons (Fsp3) is 0.524. The van der Waals surface area contributed by atoms with Crippen molar-refractivity contribution in [1.82, 2.24) is 9.97 Å². The van der Waals surface area contributed by atoms with Crippen LogP contribution >= 0.6 is 0 Å². The quantitative estimate of drug-likeness (QED) is 0.521. The molecule has 2 heterocycles. The molecule has 0 atom stereocenters. The Morgan fingerprint density at radius 1 is 1.28 bits per heavy atom. The number of anilines is 2. The largest absolute Gasteiger partial charge is 0.497 e. The third kappa shape index (κ3) is 5.13. The van der Waals surface area contributed by atoms with Gasteiger partial charge in [0.1, 0.15) is 12.1 Å². The van der Waals surface area contributed by atoms with E-state index in [4.69, 9.17) is 4.74 Å². The van der Waals surface area contributed by atoms with E-state index in [-0.39, 0.29) is 16.4 Å². The Morgan fingerprint density at radius 2 is 2.03 bits per heavy atom. The van der Waals surface area contributed by atoms with Crippen LogP contribution in [0.2, 0.25) is 0 Å². The molecule has 0 bridgehead atoms. The highest BCUT2D eigenvalue weighted by molar-refractivity contribution is 5.70. The number of benzene rings is 1. The number of nitrogens with zero attached hydrogens (tertiary/aromatic N) is 4. The minimum absolute atomic E-state index is 0.0546. The van der Waals surface area contributed by atoms with Crippen LogP contribution in [0.15, 0.2) is 24.5 Å². The molecular formula is C21H29N5O3. The van der Waals surface area contributed by atoms with Gasteiger partial charge in [-0.05, 0) is 48.9 Å². The minimum atomic E-state index is -0.382. The van der Waals surface area contributed by atoms with Gasteiger partial charge in [-0.3, -0.25) is 10.1 Å². The van der Waals surface area contributed by atoms with Gasteiger partial charge in [0.15, 0.2) is 0 Å². The van der Waals surface area contributed by atoms with Crippen LogP contribution in [0, 0.1) is 23.0 Å². The van der Waals surface area contributed by atoms with Crippen LogP contribution in [0.5, 0.6) is 5.75 Å². The van der Waals surface area contributed by atoms with E-state index in [1.54, 1.807) is 7.11 Å². The van der Waals surface area contributed by atoms with Gasteiger partial charge in [-0.1, -0.05) is 25.8 Å². The van der Waals surface area contributed by atoms with E-state index in [2.05, 4.69) is 22.2 Å². The lowest BCUT2D eigenvalue weighted by atomic mass is 9.92. The summed E-state index contributed by atoms with van der Waals surface area (Å²) in [7, 11) is 1.62. The lowest BCUT2D eigenvalue weighted by Gasteiger charge is -2.32. The third-order valence-electron chi connectivity index (χ3n) is 5.40. The number of ether oxygens (including phenoxy) is 1. The predicted molar refractivity (Wildman–Crippen MR) is 114 cm³/mol. The van der Waals surface area contributed by atoms with Gasteiger partial charge in [0, 0.05) is 19.6 Å². The number of piperidine rings is 1. The van der Waals surface area contributed by atoms with E-state index in [1.807, 2.05) is 30.0 Å². The molecule has 1 aromatic heterocycles. The van der Waals surface area contributed by atoms with Crippen LogP contribution in [-0.4, -0.2) is 35.1 Å². The van der Waals surface area contributed by atoms with Crippen molar-refractivity contribution in [1.29, 1.82) is 0 Å². The van der Waals surface area contributed by atoms with Gasteiger partial charge < -0.3 is 15.0 Å². The first kappa shape index (κ1) is 20.8. The van der Waals surface area contributed by atoms with Crippen molar-refractivity contribution >= 4 is 17.3 Å². The molecule has 0 amide bonds. The summed E-state index contributed by atoms with van der Waals surface area (Å²) in [4.78, 5) is 21.9. The number of aryl methyl sites for hydroxylation is 1. The van der Waals surface area contributed by atoms with Crippen molar-refractivity contribution in [3.63, 3.8) is 0 Å². The van der Waals surface area contributed by atoms with Gasteiger partial charge in [0.05, 0.1) is 12.0 Å². The molecule has 1 aliphatic heterocycles. The normalized spacial score (nSPS) is 14.7. The van der Waals surface area contributed by atoms with Gasteiger partial charge in [0.2, 0.25) is 11.6 Å². The molecule has 29 heavy (non-hydrogen) atoms. The molecule has 8 nitrogen and oxygen atoms in total. The maximum Gasteiger partial charge on any atom is 0.353 e. The van der Waals surface area contributed by atoms with Crippen LogP contribution in [0.1, 0.15) is 43.7 Å². The average Bonchev–Trinajstić information content (AvgIpc) is 2.72. The Bertz CT molecular complexity index is 850. The number of nitrogens with one attached hydrogen (secondary N) is 1. The van der Waals surface area contributed by atoms with E-state index < -0.39 is 0 Å². The van der Waals surface area contributed by atoms with Crippen molar-refractivity contribution in [2.24, 2.45) is 5.92 Å². The van der Waals surface area contributed by atoms with Crippen LogP contribution in [-0.2, 0) is 6.54 Å². The lowest BCUT2D eigenvalue weighted by Crippen LogP contribution is -2.34. The van der Waals surface area contributed by atoms with E-state index in [0.717, 1.165) is 42.8 Å². The zero-order chi connectivity index (χ0) is 20.8. The summed E-state index contributed by atoms with van der Waals surface area (Å²) in [6, 6.07) is 5.87. The molecule has 2 aromatic rings. The maximum absolute atomic E-state index is 11.9. The molecule has 1 aliphatic rings. The van der Waals surface area contributed by atoms with Crippen LogP contribution in [0.3, 0.4) is 0 Å². The highest BCUT2D eigenvalue weighted by Crippen LogP contribution is 2.35. The third-order valence-corrected chi connectivity index (χ3v) is 5.40. The van der Waals surface area contributed by atoms with Crippen LogP contribution in [0.25, 0.3) is 0 Å². The van der Waals surface area contributed by atoms with Gasteiger partial charge in [0.25, 0.3) is 0 Å². The number of methoxy groups -OCH3 is 1. The van der Waals surface area contributed by atoms with Crippen molar-refractivity contribution in [2.45, 2.75) is 46.1 Å². The number of rotatable bonds is 8. The van der Waals surface area contributed by atoms with Crippen LogP contribution in [0.4, 0.5) is 17.3 Å². The standard InChI is InChI=1S/C21H29N5O3/c1-4-5-16-6-8-25(9-7-16)21-19(26(27)28)20(23-14-24-21)22-13-17-10-15(2)11-18(12-17)29-3/h10-12,14,16H,4-9,13H2,1-3H3,(H,22,23,24). The Labute approximate surface area is 171 Å². The molecule has 8 heteroatoms. The molecule has 0 spiro atoms. The molecule has 0 unspecified atom stereocenters. The maximum atomic E-state index is 11.9. The van der Waals surface area contributed by atoms with E-state index in [0.29, 0.717) is 18.3 Å². The first-order valence-electron chi connectivity index (χ1n) is 10.1. The molecule has 1 aromatic carbocycles. The molecule has 0 saturated carbocycles. The summed E-state index contributed by atoms with van der Waals surface area (Å²) in [5.74, 6) is 2.11. The first-order chi connectivity index (χ1) is 14.0. The van der Waals surface area contributed by atoms with Crippen molar-refractivity contribution < 1.29 is 9.66 Å². The average molecular weight is 399 g/mol. The molecular weight excluding hydrogens is 370 g/mol. The molecule has 3 rings (SSSR count). The summed E-state index contributed by atoms with van der Waals surface area (Å²) >= 11 is 0. The molecule has 1 N–H and O–H groups in total. The van der Waals surface area contributed by atoms with E-state index in [9.17, 15) is 10.1 Å². The van der Waals surface area contributed by atoms with Crippen LogP contribution < -0.4 is 15.0 Å². The second-order valence-electron chi connectivity index (χ2n) is 7.58. The zero-order valence-electron chi connectivity index (χ0n) is 17.4.